The number of pyridine rings is 1. The van der Waals surface area contributed by atoms with Crippen molar-refractivity contribution in [2.24, 2.45) is 0 Å². The zero-order chi connectivity index (χ0) is 17.5. The third kappa shape index (κ3) is 2.94. The van der Waals surface area contributed by atoms with E-state index >= 15 is 0 Å². The van der Waals surface area contributed by atoms with Crippen LogP contribution in [0.1, 0.15) is 11.5 Å². The van der Waals surface area contributed by atoms with Gasteiger partial charge in [0.2, 0.25) is 0 Å². The minimum Gasteiger partial charge on any atom is -0.360 e. The number of halogens is 1. The van der Waals surface area contributed by atoms with E-state index in [1.807, 2.05) is 19.1 Å². The Balaban J connectivity index is 2.18. The Bertz CT molecular complexity index is 1030. The summed E-state index contributed by atoms with van der Waals surface area (Å²) in [5.74, 6) is -0.307. The molecule has 0 saturated heterocycles. The molecule has 0 fully saturated rings. The Morgan fingerprint density at radius 2 is 1.88 bits per heavy atom. The molecule has 2 heterocycles. The molecule has 1 aromatic carbocycles. The summed E-state index contributed by atoms with van der Waals surface area (Å²) in [6.07, 6.45) is 0.970. The highest BCUT2D eigenvalue weighted by Crippen LogP contribution is 2.34. The maximum atomic E-state index is 14.2. The van der Waals surface area contributed by atoms with E-state index < -0.39 is 15.7 Å². The zero-order valence-electron chi connectivity index (χ0n) is 13.4. The Kier molecular flexibility index (Phi) is 3.96. The lowest BCUT2D eigenvalue weighted by atomic mass is 10.0. The SMILES string of the molecule is Cc1cccc(-c2noc(C)c2-c2ccc(S(C)(=O)=O)c(F)c2)n1. The van der Waals surface area contributed by atoms with Gasteiger partial charge in [0.1, 0.15) is 22.2 Å². The van der Waals surface area contributed by atoms with Gasteiger partial charge in [0.25, 0.3) is 0 Å². The molecule has 7 heteroatoms. The minimum absolute atomic E-state index is 0.337. The fraction of sp³-hybridized carbons (Fsp3) is 0.176. The van der Waals surface area contributed by atoms with Crippen molar-refractivity contribution in [2.45, 2.75) is 18.7 Å². The molecule has 5 nitrogen and oxygen atoms in total. The van der Waals surface area contributed by atoms with Crippen LogP contribution in [-0.2, 0) is 9.84 Å². The van der Waals surface area contributed by atoms with Crippen molar-refractivity contribution in [3.05, 3.63) is 53.7 Å². The maximum Gasteiger partial charge on any atom is 0.178 e. The van der Waals surface area contributed by atoms with Gasteiger partial charge in [-0.25, -0.2) is 12.8 Å². The summed E-state index contributed by atoms with van der Waals surface area (Å²) in [7, 11) is -3.62. The molecular weight excluding hydrogens is 331 g/mol. The van der Waals surface area contributed by atoms with Crippen LogP contribution in [0.3, 0.4) is 0 Å². The molecule has 0 atom stereocenters. The number of hydrogen-bond donors (Lipinski definition) is 0. The molecule has 0 amide bonds. The molecule has 0 bridgehead atoms. The first-order valence-electron chi connectivity index (χ1n) is 7.17. The van der Waals surface area contributed by atoms with Crippen LogP contribution in [0.4, 0.5) is 4.39 Å². The molecule has 2 aromatic heterocycles. The third-order valence-electron chi connectivity index (χ3n) is 3.61. The first kappa shape index (κ1) is 16.3. The summed E-state index contributed by atoms with van der Waals surface area (Å²) < 4.78 is 42.6. The molecule has 0 spiro atoms. The molecule has 0 N–H and O–H groups in total. The third-order valence-corrected chi connectivity index (χ3v) is 4.74. The van der Waals surface area contributed by atoms with Crippen LogP contribution in [0, 0.1) is 19.7 Å². The quantitative estimate of drug-likeness (QED) is 0.725. The van der Waals surface area contributed by atoms with Crippen molar-refractivity contribution >= 4 is 9.84 Å². The van der Waals surface area contributed by atoms with Gasteiger partial charge >= 0.3 is 0 Å². The summed E-state index contributed by atoms with van der Waals surface area (Å²) >= 11 is 0. The van der Waals surface area contributed by atoms with Crippen LogP contribution in [-0.4, -0.2) is 24.8 Å². The van der Waals surface area contributed by atoms with E-state index in [2.05, 4.69) is 10.1 Å². The lowest BCUT2D eigenvalue weighted by molar-refractivity contribution is 0.400. The van der Waals surface area contributed by atoms with Crippen LogP contribution in [0.5, 0.6) is 0 Å². The van der Waals surface area contributed by atoms with Gasteiger partial charge in [0.05, 0.1) is 11.3 Å². The van der Waals surface area contributed by atoms with Crippen LogP contribution in [0.15, 0.2) is 45.8 Å². The summed E-state index contributed by atoms with van der Waals surface area (Å²) in [6, 6.07) is 9.46. The molecule has 0 radical (unpaired) electrons. The van der Waals surface area contributed by atoms with E-state index in [1.165, 1.54) is 18.2 Å². The molecule has 0 unspecified atom stereocenters. The highest BCUT2D eigenvalue weighted by Gasteiger charge is 2.20. The summed E-state index contributed by atoms with van der Waals surface area (Å²) in [6.45, 7) is 3.57. The van der Waals surface area contributed by atoms with Gasteiger partial charge in [-0.3, -0.25) is 4.98 Å². The Hall–Kier alpha value is -2.54. The normalized spacial score (nSPS) is 11.7. The summed E-state index contributed by atoms with van der Waals surface area (Å²) in [5, 5.41) is 4.03. The van der Waals surface area contributed by atoms with Gasteiger partial charge < -0.3 is 4.52 Å². The van der Waals surface area contributed by atoms with Crippen LogP contribution in [0.25, 0.3) is 22.5 Å². The summed E-state index contributed by atoms with van der Waals surface area (Å²) in [4.78, 5) is 4.07. The lowest BCUT2D eigenvalue weighted by Gasteiger charge is -2.06. The fourth-order valence-electron chi connectivity index (χ4n) is 2.52. The molecule has 0 aliphatic rings. The number of hydrogen-bond acceptors (Lipinski definition) is 5. The number of benzene rings is 1. The number of nitrogens with zero attached hydrogens (tertiary/aromatic N) is 2. The largest absolute Gasteiger partial charge is 0.360 e. The van der Waals surface area contributed by atoms with Crippen molar-refractivity contribution in [3.63, 3.8) is 0 Å². The second kappa shape index (κ2) is 5.83. The first-order chi connectivity index (χ1) is 11.3. The van der Waals surface area contributed by atoms with Crippen molar-refractivity contribution in [1.29, 1.82) is 0 Å². The molecule has 3 rings (SSSR count). The average Bonchev–Trinajstić information content (AvgIpc) is 2.87. The van der Waals surface area contributed by atoms with Crippen molar-refractivity contribution in [3.8, 4) is 22.5 Å². The van der Waals surface area contributed by atoms with E-state index in [0.717, 1.165) is 11.9 Å². The number of sulfone groups is 1. The first-order valence-corrected chi connectivity index (χ1v) is 9.07. The van der Waals surface area contributed by atoms with E-state index in [9.17, 15) is 12.8 Å². The average molecular weight is 346 g/mol. The topological polar surface area (TPSA) is 73.1 Å². The van der Waals surface area contributed by atoms with Gasteiger partial charge in [-0.2, -0.15) is 0 Å². The predicted octanol–water partition coefficient (Wildman–Crippen LogP) is 3.56. The van der Waals surface area contributed by atoms with Gasteiger partial charge in [0, 0.05) is 11.9 Å². The zero-order valence-corrected chi connectivity index (χ0v) is 14.2. The standard InChI is InChI=1S/C17H15FN2O3S/c1-10-5-4-6-14(19-10)17-16(11(2)23-20-17)12-7-8-15(13(18)9-12)24(3,21)22/h4-9H,1-3H3. The van der Waals surface area contributed by atoms with Crippen molar-refractivity contribution < 1.29 is 17.3 Å². The van der Waals surface area contributed by atoms with E-state index in [-0.39, 0.29) is 4.90 Å². The predicted molar refractivity (Wildman–Crippen MR) is 87.7 cm³/mol. The lowest BCUT2D eigenvalue weighted by Crippen LogP contribution is -2.01. The molecule has 0 aliphatic carbocycles. The van der Waals surface area contributed by atoms with Crippen LogP contribution < -0.4 is 0 Å². The monoisotopic (exact) mass is 346 g/mol. The van der Waals surface area contributed by atoms with Gasteiger partial charge in [-0.1, -0.05) is 17.3 Å². The van der Waals surface area contributed by atoms with Crippen molar-refractivity contribution in [2.75, 3.05) is 6.26 Å². The second-order valence-electron chi connectivity index (χ2n) is 5.54. The summed E-state index contributed by atoms with van der Waals surface area (Å²) in [5.41, 5.74) is 2.99. The molecule has 0 saturated carbocycles. The fourth-order valence-corrected chi connectivity index (χ4v) is 3.25. The number of rotatable bonds is 3. The van der Waals surface area contributed by atoms with E-state index in [4.69, 9.17) is 4.52 Å². The van der Waals surface area contributed by atoms with Crippen LogP contribution in [0.2, 0.25) is 0 Å². The van der Waals surface area contributed by atoms with Gasteiger partial charge in [0.15, 0.2) is 9.84 Å². The van der Waals surface area contributed by atoms with Gasteiger partial charge in [-0.05, 0) is 43.7 Å². The Morgan fingerprint density at radius 1 is 1.12 bits per heavy atom. The second-order valence-corrected chi connectivity index (χ2v) is 7.53. The van der Waals surface area contributed by atoms with Gasteiger partial charge in [-0.15, -0.1) is 0 Å². The Morgan fingerprint density at radius 3 is 2.50 bits per heavy atom. The molecule has 3 aromatic rings. The highest BCUT2D eigenvalue weighted by molar-refractivity contribution is 7.90. The number of aryl methyl sites for hydroxylation is 2. The molecular formula is C17H15FN2O3S. The molecule has 0 aliphatic heterocycles. The number of aromatic nitrogens is 2. The minimum atomic E-state index is -3.62. The molecule has 24 heavy (non-hydrogen) atoms. The highest BCUT2D eigenvalue weighted by atomic mass is 32.2. The van der Waals surface area contributed by atoms with E-state index in [0.29, 0.717) is 28.3 Å². The maximum absolute atomic E-state index is 14.2. The van der Waals surface area contributed by atoms with E-state index in [1.54, 1.807) is 13.0 Å². The van der Waals surface area contributed by atoms with Crippen LogP contribution >= 0.6 is 0 Å². The Labute approximate surface area is 139 Å². The molecule has 124 valence electrons. The van der Waals surface area contributed by atoms with Crippen molar-refractivity contribution in [1.82, 2.24) is 10.1 Å². The smallest absolute Gasteiger partial charge is 0.178 e.